The van der Waals surface area contributed by atoms with Crippen LogP contribution in [0.25, 0.3) is 0 Å². The zero-order valence-electron chi connectivity index (χ0n) is 12.2. The van der Waals surface area contributed by atoms with Crippen LogP contribution in [0, 0.1) is 0 Å². The van der Waals surface area contributed by atoms with Crippen molar-refractivity contribution in [2.75, 3.05) is 13.7 Å². The smallest absolute Gasteiger partial charge is 0.120 e. The van der Waals surface area contributed by atoms with Crippen molar-refractivity contribution in [1.29, 1.82) is 0 Å². The molecule has 2 aromatic carbocycles. The molecule has 0 aliphatic rings. The monoisotopic (exact) mass is 411 g/mol. The number of likely N-dealkylation sites (N-methyl/N-ethyl adjacent to an activating group) is 1. The lowest BCUT2D eigenvalue weighted by Crippen LogP contribution is -2.23. The lowest BCUT2D eigenvalue weighted by atomic mass is 9.98. The fourth-order valence-corrected chi connectivity index (χ4v) is 3.21. The van der Waals surface area contributed by atoms with Crippen molar-refractivity contribution in [2.24, 2.45) is 0 Å². The Labute approximate surface area is 143 Å². The number of nitrogens with one attached hydrogen (secondary N) is 1. The highest BCUT2D eigenvalue weighted by Gasteiger charge is 2.15. The molecular weight excluding hydrogens is 394 g/mol. The molecule has 0 heterocycles. The van der Waals surface area contributed by atoms with Gasteiger partial charge in [-0.2, -0.15) is 0 Å². The molecular formula is C17H19Br2NO. The third kappa shape index (κ3) is 4.56. The van der Waals surface area contributed by atoms with Gasteiger partial charge in [0, 0.05) is 15.0 Å². The SMILES string of the molecule is CCNC(Cc1ccc(Br)cc1)c1ccc(OC)cc1Br. The van der Waals surface area contributed by atoms with E-state index in [2.05, 4.69) is 74.4 Å². The van der Waals surface area contributed by atoms with Crippen LogP contribution in [0.3, 0.4) is 0 Å². The molecule has 0 amide bonds. The second-order valence-electron chi connectivity index (χ2n) is 4.83. The number of halogens is 2. The third-order valence-corrected chi connectivity index (χ3v) is 4.60. The summed E-state index contributed by atoms with van der Waals surface area (Å²) in [5, 5.41) is 3.56. The standard InChI is InChI=1S/C17H19Br2NO/c1-3-20-17(10-12-4-6-13(18)7-5-12)15-9-8-14(21-2)11-16(15)19/h4-9,11,17,20H,3,10H2,1-2H3. The molecule has 2 aromatic rings. The molecule has 112 valence electrons. The summed E-state index contributed by atoms with van der Waals surface area (Å²) in [7, 11) is 1.69. The molecule has 0 aliphatic carbocycles. The number of benzene rings is 2. The van der Waals surface area contributed by atoms with E-state index in [1.54, 1.807) is 7.11 Å². The Balaban J connectivity index is 2.24. The van der Waals surface area contributed by atoms with E-state index >= 15 is 0 Å². The number of hydrogen-bond acceptors (Lipinski definition) is 2. The van der Waals surface area contributed by atoms with Crippen molar-refractivity contribution in [2.45, 2.75) is 19.4 Å². The van der Waals surface area contributed by atoms with Gasteiger partial charge in [0.25, 0.3) is 0 Å². The molecule has 0 saturated carbocycles. The molecule has 0 bridgehead atoms. The summed E-state index contributed by atoms with van der Waals surface area (Å²) in [6.07, 6.45) is 0.950. The summed E-state index contributed by atoms with van der Waals surface area (Å²) < 4.78 is 7.45. The van der Waals surface area contributed by atoms with E-state index in [-0.39, 0.29) is 6.04 Å². The fourth-order valence-electron chi connectivity index (χ4n) is 2.31. The number of hydrogen-bond donors (Lipinski definition) is 1. The van der Waals surface area contributed by atoms with Gasteiger partial charge in [-0.15, -0.1) is 0 Å². The highest BCUT2D eigenvalue weighted by atomic mass is 79.9. The second-order valence-corrected chi connectivity index (χ2v) is 6.60. The minimum atomic E-state index is 0.274. The number of ether oxygens (including phenoxy) is 1. The van der Waals surface area contributed by atoms with E-state index in [0.29, 0.717) is 0 Å². The van der Waals surface area contributed by atoms with E-state index in [4.69, 9.17) is 4.74 Å². The predicted octanol–water partition coefficient (Wildman–Crippen LogP) is 5.11. The molecule has 2 rings (SSSR count). The van der Waals surface area contributed by atoms with Crippen LogP contribution in [-0.4, -0.2) is 13.7 Å². The first-order valence-electron chi connectivity index (χ1n) is 6.95. The normalized spacial score (nSPS) is 12.2. The van der Waals surface area contributed by atoms with Crippen LogP contribution in [0.15, 0.2) is 51.4 Å². The molecule has 0 radical (unpaired) electrons. The van der Waals surface area contributed by atoms with E-state index < -0.39 is 0 Å². The maximum Gasteiger partial charge on any atom is 0.120 e. The Hall–Kier alpha value is -0.840. The van der Waals surface area contributed by atoms with Gasteiger partial charge < -0.3 is 10.1 Å². The van der Waals surface area contributed by atoms with Gasteiger partial charge in [0.1, 0.15) is 5.75 Å². The highest BCUT2D eigenvalue weighted by Crippen LogP contribution is 2.30. The molecule has 0 saturated heterocycles. The number of methoxy groups -OCH3 is 1. The van der Waals surface area contributed by atoms with E-state index in [1.165, 1.54) is 11.1 Å². The van der Waals surface area contributed by atoms with E-state index in [0.717, 1.165) is 27.7 Å². The Morgan fingerprint density at radius 2 is 1.81 bits per heavy atom. The molecule has 4 heteroatoms. The second kappa shape index (κ2) is 7.97. The largest absolute Gasteiger partial charge is 0.497 e. The molecule has 1 N–H and O–H groups in total. The Morgan fingerprint density at radius 1 is 1.10 bits per heavy atom. The van der Waals surface area contributed by atoms with Crippen LogP contribution in [-0.2, 0) is 6.42 Å². The molecule has 0 fully saturated rings. The van der Waals surface area contributed by atoms with E-state index in [9.17, 15) is 0 Å². The van der Waals surface area contributed by atoms with Crippen molar-refractivity contribution in [3.05, 3.63) is 62.5 Å². The topological polar surface area (TPSA) is 21.3 Å². The van der Waals surface area contributed by atoms with Gasteiger partial charge in [0.15, 0.2) is 0 Å². The molecule has 0 aromatic heterocycles. The Bertz CT molecular complexity index is 584. The summed E-state index contributed by atoms with van der Waals surface area (Å²) >= 11 is 7.13. The predicted molar refractivity (Wildman–Crippen MR) is 95.0 cm³/mol. The average Bonchev–Trinajstić information content (AvgIpc) is 2.49. The van der Waals surface area contributed by atoms with Crippen LogP contribution in [0.4, 0.5) is 0 Å². The van der Waals surface area contributed by atoms with Gasteiger partial charge in [-0.05, 0) is 48.4 Å². The van der Waals surface area contributed by atoms with E-state index in [1.807, 2.05) is 12.1 Å². The summed E-state index contributed by atoms with van der Waals surface area (Å²) in [6, 6.07) is 14.9. The maximum atomic E-state index is 5.27. The van der Waals surface area contributed by atoms with Crippen molar-refractivity contribution in [3.8, 4) is 5.75 Å². The van der Waals surface area contributed by atoms with Crippen LogP contribution >= 0.6 is 31.9 Å². The minimum absolute atomic E-state index is 0.274. The molecule has 21 heavy (non-hydrogen) atoms. The van der Waals surface area contributed by atoms with Crippen molar-refractivity contribution < 1.29 is 4.74 Å². The van der Waals surface area contributed by atoms with Crippen LogP contribution in [0.5, 0.6) is 5.75 Å². The average molecular weight is 413 g/mol. The zero-order chi connectivity index (χ0) is 15.2. The van der Waals surface area contributed by atoms with Gasteiger partial charge >= 0.3 is 0 Å². The number of rotatable bonds is 6. The maximum absolute atomic E-state index is 5.27. The summed E-state index contributed by atoms with van der Waals surface area (Å²) in [4.78, 5) is 0. The van der Waals surface area contributed by atoms with Crippen molar-refractivity contribution >= 4 is 31.9 Å². The molecule has 1 unspecified atom stereocenters. The molecule has 1 atom stereocenters. The van der Waals surface area contributed by atoms with Crippen molar-refractivity contribution in [1.82, 2.24) is 5.32 Å². The van der Waals surface area contributed by atoms with Crippen LogP contribution in [0.2, 0.25) is 0 Å². The summed E-state index contributed by atoms with van der Waals surface area (Å²) in [6.45, 7) is 3.06. The summed E-state index contributed by atoms with van der Waals surface area (Å²) in [5.74, 6) is 0.865. The first kappa shape index (κ1) is 16.5. The molecule has 0 spiro atoms. The summed E-state index contributed by atoms with van der Waals surface area (Å²) in [5.41, 5.74) is 2.56. The van der Waals surface area contributed by atoms with Gasteiger partial charge in [0.05, 0.1) is 7.11 Å². The Kier molecular flexibility index (Phi) is 6.27. The van der Waals surface area contributed by atoms with Crippen LogP contribution < -0.4 is 10.1 Å². The van der Waals surface area contributed by atoms with Gasteiger partial charge in [-0.1, -0.05) is 57.0 Å². The lowest BCUT2D eigenvalue weighted by Gasteiger charge is -2.20. The quantitative estimate of drug-likeness (QED) is 0.711. The lowest BCUT2D eigenvalue weighted by molar-refractivity contribution is 0.414. The third-order valence-electron chi connectivity index (χ3n) is 3.39. The van der Waals surface area contributed by atoms with Crippen molar-refractivity contribution in [3.63, 3.8) is 0 Å². The Morgan fingerprint density at radius 3 is 2.38 bits per heavy atom. The minimum Gasteiger partial charge on any atom is -0.497 e. The highest BCUT2D eigenvalue weighted by molar-refractivity contribution is 9.10. The molecule has 2 nitrogen and oxygen atoms in total. The van der Waals surface area contributed by atoms with Gasteiger partial charge in [-0.3, -0.25) is 0 Å². The van der Waals surface area contributed by atoms with Crippen LogP contribution in [0.1, 0.15) is 24.1 Å². The first-order chi connectivity index (χ1) is 10.1. The molecule has 0 aliphatic heterocycles. The fraction of sp³-hybridized carbons (Fsp3) is 0.294. The van der Waals surface area contributed by atoms with Gasteiger partial charge in [0.2, 0.25) is 0 Å². The zero-order valence-corrected chi connectivity index (χ0v) is 15.4. The first-order valence-corrected chi connectivity index (χ1v) is 8.54. The van der Waals surface area contributed by atoms with Gasteiger partial charge in [-0.25, -0.2) is 0 Å².